The van der Waals surface area contributed by atoms with E-state index in [0.717, 1.165) is 36.1 Å². The largest absolute Gasteiger partial charge is 0.399 e. The van der Waals surface area contributed by atoms with E-state index in [9.17, 15) is 4.79 Å². The Morgan fingerprint density at radius 3 is 2.79 bits per heavy atom. The molecule has 1 aliphatic rings. The van der Waals surface area contributed by atoms with Gasteiger partial charge in [-0.05, 0) is 37.0 Å². The fraction of sp³-hybridized carbons (Fsp3) is 0.417. The van der Waals surface area contributed by atoms with Crippen molar-refractivity contribution in [1.82, 2.24) is 0 Å². The summed E-state index contributed by atoms with van der Waals surface area (Å²) in [7, 11) is 0. The van der Waals surface area contributed by atoms with Crippen molar-refractivity contribution in [2.75, 3.05) is 5.73 Å². The summed E-state index contributed by atoms with van der Waals surface area (Å²) in [5, 5.41) is 0. The molecule has 1 aromatic rings. The first kappa shape index (κ1) is 9.25. The highest BCUT2D eigenvalue weighted by Crippen LogP contribution is 2.32. The van der Waals surface area contributed by atoms with Crippen molar-refractivity contribution in [2.24, 2.45) is 0 Å². The van der Waals surface area contributed by atoms with Crippen LogP contribution in [0.15, 0.2) is 18.2 Å². The molecule has 74 valence electrons. The van der Waals surface area contributed by atoms with Gasteiger partial charge in [0.05, 0.1) is 0 Å². The Labute approximate surface area is 84.1 Å². The molecule has 0 aromatic heterocycles. The molecular formula is C12H15NO. The second-order valence-electron chi connectivity index (χ2n) is 4.03. The van der Waals surface area contributed by atoms with Gasteiger partial charge in [0, 0.05) is 18.0 Å². The third-order valence-electron chi connectivity index (χ3n) is 3.01. The van der Waals surface area contributed by atoms with Crippen LogP contribution in [0.4, 0.5) is 5.69 Å². The minimum Gasteiger partial charge on any atom is -0.399 e. The number of carbonyl (C=O) groups excluding carboxylic acids is 1. The summed E-state index contributed by atoms with van der Waals surface area (Å²) in [5.41, 5.74) is 8.79. The zero-order chi connectivity index (χ0) is 10.1. The molecule has 1 saturated carbocycles. The Hall–Kier alpha value is -1.31. The van der Waals surface area contributed by atoms with Crippen LogP contribution in [0.1, 0.15) is 36.3 Å². The summed E-state index contributed by atoms with van der Waals surface area (Å²) in [6.45, 7) is 1.98. The summed E-state index contributed by atoms with van der Waals surface area (Å²) in [4.78, 5) is 11.5. The van der Waals surface area contributed by atoms with Crippen LogP contribution in [0.2, 0.25) is 0 Å². The second-order valence-corrected chi connectivity index (χ2v) is 4.03. The summed E-state index contributed by atoms with van der Waals surface area (Å²) < 4.78 is 0. The van der Waals surface area contributed by atoms with Crippen LogP contribution in [-0.2, 0) is 4.79 Å². The van der Waals surface area contributed by atoms with E-state index in [4.69, 9.17) is 5.73 Å². The van der Waals surface area contributed by atoms with E-state index in [2.05, 4.69) is 0 Å². The van der Waals surface area contributed by atoms with Crippen LogP contribution in [0, 0.1) is 6.92 Å². The first-order valence-corrected chi connectivity index (χ1v) is 5.07. The molecule has 1 fully saturated rings. The number of Topliss-reactive ketones (excluding diaryl/α,β-unsaturated/α-hetero) is 1. The zero-order valence-corrected chi connectivity index (χ0v) is 8.42. The third-order valence-corrected chi connectivity index (χ3v) is 3.01. The molecule has 14 heavy (non-hydrogen) atoms. The molecule has 2 heteroatoms. The lowest BCUT2D eigenvalue weighted by molar-refractivity contribution is -0.118. The van der Waals surface area contributed by atoms with Crippen LogP contribution >= 0.6 is 0 Å². The van der Waals surface area contributed by atoms with Crippen molar-refractivity contribution in [2.45, 2.75) is 32.1 Å². The number of nitrogen functional groups attached to an aromatic ring is 1. The van der Waals surface area contributed by atoms with Gasteiger partial charge >= 0.3 is 0 Å². The highest BCUT2D eigenvalue weighted by molar-refractivity contribution is 5.87. The summed E-state index contributed by atoms with van der Waals surface area (Å²) >= 11 is 0. The average Bonchev–Trinajstić information content (AvgIpc) is 2.57. The first-order chi connectivity index (χ1) is 6.68. The predicted molar refractivity (Wildman–Crippen MR) is 57.2 cm³/mol. The highest BCUT2D eigenvalue weighted by atomic mass is 16.1. The molecule has 1 aromatic carbocycles. The van der Waals surface area contributed by atoms with E-state index in [0.29, 0.717) is 5.78 Å². The predicted octanol–water partition coefficient (Wildman–Crippen LogP) is 2.41. The topological polar surface area (TPSA) is 43.1 Å². The number of hydrogen-bond acceptors (Lipinski definition) is 2. The molecule has 0 bridgehead atoms. The minimum atomic E-state index is 0.109. The maximum atomic E-state index is 11.5. The Kier molecular flexibility index (Phi) is 2.28. The van der Waals surface area contributed by atoms with Gasteiger partial charge in [-0.3, -0.25) is 4.79 Å². The molecule has 0 radical (unpaired) electrons. The van der Waals surface area contributed by atoms with Crippen LogP contribution in [0.3, 0.4) is 0 Å². The summed E-state index contributed by atoms with van der Waals surface area (Å²) in [5.74, 6) is 0.478. The van der Waals surface area contributed by atoms with Crippen molar-refractivity contribution in [3.63, 3.8) is 0 Å². The Morgan fingerprint density at radius 1 is 1.43 bits per heavy atom. The molecule has 1 aliphatic carbocycles. The van der Waals surface area contributed by atoms with E-state index < -0.39 is 0 Å². The first-order valence-electron chi connectivity index (χ1n) is 5.07. The molecule has 0 saturated heterocycles. The fourth-order valence-electron chi connectivity index (χ4n) is 2.04. The van der Waals surface area contributed by atoms with Gasteiger partial charge in [-0.15, -0.1) is 0 Å². The number of hydrogen-bond donors (Lipinski definition) is 1. The van der Waals surface area contributed by atoms with E-state index in [1.54, 1.807) is 0 Å². The van der Waals surface area contributed by atoms with Crippen molar-refractivity contribution in [3.05, 3.63) is 29.3 Å². The Balaban J connectivity index is 2.32. The van der Waals surface area contributed by atoms with E-state index in [1.165, 1.54) is 0 Å². The Morgan fingerprint density at radius 2 is 2.21 bits per heavy atom. The molecule has 0 heterocycles. The minimum absolute atomic E-state index is 0.109. The smallest absolute Gasteiger partial charge is 0.140 e. The lowest BCUT2D eigenvalue weighted by Crippen LogP contribution is -2.05. The summed E-state index contributed by atoms with van der Waals surface area (Å²) in [6.07, 6.45) is 2.75. The molecule has 1 unspecified atom stereocenters. The standard InChI is InChI=1S/C12H15NO/c1-8-5-6-9(7-11(8)13)10-3-2-4-12(10)14/h5-7,10H,2-4,13H2,1H3. The van der Waals surface area contributed by atoms with Crippen molar-refractivity contribution >= 4 is 11.5 Å². The monoisotopic (exact) mass is 189 g/mol. The van der Waals surface area contributed by atoms with Crippen molar-refractivity contribution in [1.29, 1.82) is 0 Å². The molecule has 0 spiro atoms. The van der Waals surface area contributed by atoms with Crippen molar-refractivity contribution in [3.8, 4) is 0 Å². The highest BCUT2D eigenvalue weighted by Gasteiger charge is 2.25. The van der Waals surface area contributed by atoms with Crippen LogP contribution in [-0.4, -0.2) is 5.78 Å². The molecular weight excluding hydrogens is 174 g/mol. The van der Waals surface area contributed by atoms with Gasteiger partial charge in [-0.2, -0.15) is 0 Å². The number of anilines is 1. The van der Waals surface area contributed by atoms with Gasteiger partial charge in [-0.25, -0.2) is 0 Å². The van der Waals surface area contributed by atoms with Gasteiger partial charge in [0.2, 0.25) is 0 Å². The van der Waals surface area contributed by atoms with Crippen molar-refractivity contribution < 1.29 is 4.79 Å². The number of carbonyl (C=O) groups is 1. The second kappa shape index (κ2) is 3.45. The number of benzene rings is 1. The molecule has 1 atom stereocenters. The van der Waals surface area contributed by atoms with Gasteiger partial charge in [0.25, 0.3) is 0 Å². The van der Waals surface area contributed by atoms with Crippen LogP contribution in [0.5, 0.6) is 0 Å². The lowest BCUT2D eigenvalue weighted by atomic mass is 9.95. The quantitative estimate of drug-likeness (QED) is 0.689. The number of rotatable bonds is 1. The van der Waals surface area contributed by atoms with Gasteiger partial charge in [0.1, 0.15) is 5.78 Å². The summed E-state index contributed by atoms with van der Waals surface area (Å²) in [6, 6.07) is 5.97. The lowest BCUT2D eigenvalue weighted by Gasteiger charge is -2.10. The molecule has 0 amide bonds. The van der Waals surface area contributed by atoms with E-state index in [1.807, 2.05) is 25.1 Å². The van der Waals surface area contributed by atoms with Gasteiger partial charge < -0.3 is 5.73 Å². The average molecular weight is 189 g/mol. The van der Waals surface area contributed by atoms with E-state index >= 15 is 0 Å². The molecule has 0 aliphatic heterocycles. The Bertz CT molecular complexity index is 371. The third kappa shape index (κ3) is 1.52. The van der Waals surface area contributed by atoms with Gasteiger partial charge in [-0.1, -0.05) is 12.1 Å². The van der Waals surface area contributed by atoms with E-state index in [-0.39, 0.29) is 5.92 Å². The van der Waals surface area contributed by atoms with Crippen LogP contribution in [0.25, 0.3) is 0 Å². The fourth-order valence-corrected chi connectivity index (χ4v) is 2.04. The molecule has 2 rings (SSSR count). The zero-order valence-electron chi connectivity index (χ0n) is 8.42. The number of aryl methyl sites for hydroxylation is 1. The maximum absolute atomic E-state index is 11.5. The molecule has 2 N–H and O–H groups in total. The number of ketones is 1. The number of nitrogens with two attached hydrogens (primary N) is 1. The van der Waals surface area contributed by atoms with Gasteiger partial charge in [0.15, 0.2) is 0 Å². The molecule has 2 nitrogen and oxygen atoms in total. The normalized spacial score (nSPS) is 21.5. The maximum Gasteiger partial charge on any atom is 0.140 e. The van der Waals surface area contributed by atoms with Crippen LogP contribution < -0.4 is 5.73 Å². The SMILES string of the molecule is Cc1ccc(C2CCCC2=O)cc1N.